The fourth-order valence-electron chi connectivity index (χ4n) is 1.10. The third-order valence-corrected chi connectivity index (χ3v) is 3.84. The number of rotatable bonds is 4. The Labute approximate surface area is 103 Å². The van der Waals surface area contributed by atoms with Gasteiger partial charge in [0.05, 0.1) is 0 Å². The third-order valence-electron chi connectivity index (χ3n) is 2.09. The molecule has 0 fully saturated rings. The van der Waals surface area contributed by atoms with Gasteiger partial charge >= 0.3 is 16.5 Å². The second kappa shape index (κ2) is 4.76. The minimum absolute atomic E-state index is 0.564. The molecule has 0 radical (unpaired) electrons. The van der Waals surface area contributed by atoms with Gasteiger partial charge in [0.1, 0.15) is 0 Å². The van der Waals surface area contributed by atoms with Gasteiger partial charge in [0.15, 0.2) is 0 Å². The second-order valence-electron chi connectivity index (χ2n) is 3.27. The molecule has 0 aliphatic heterocycles. The van der Waals surface area contributed by atoms with Crippen molar-refractivity contribution in [3.8, 4) is 0 Å². The molecule has 0 aliphatic rings. The van der Waals surface area contributed by atoms with Gasteiger partial charge in [0.2, 0.25) is 0 Å². The average Bonchev–Trinajstić information content (AvgIpc) is 2.38. The van der Waals surface area contributed by atoms with Crippen molar-refractivity contribution >= 4 is 15.8 Å². The van der Waals surface area contributed by atoms with Crippen molar-refractivity contribution in [1.82, 2.24) is 0 Å². The Bertz CT molecular complexity index is 570. The Morgan fingerprint density at radius 3 is 1.95 bits per heavy atom. The van der Waals surface area contributed by atoms with Crippen LogP contribution in [-0.2, 0) is 24.8 Å². The summed E-state index contributed by atoms with van der Waals surface area (Å²) in [6.07, 6.45) is 0. The number of alkyl halides is 4. The van der Waals surface area contributed by atoms with Crippen LogP contribution in [0.2, 0.25) is 0 Å². The van der Waals surface area contributed by atoms with Crippen molar-refractivity contribution in [3.05, 3.63) is 35.9 Å². The maximum Gasteiger partial charge on any atom is 0.450 e. The molecule has 0 spiro atoms. The number of hydrogen-bond donors (Lipinski definition) is 0. The summed E-state index contributed by atoms with van der Waals surface area (Å²) >= 11 is 0. The number of hydrogen-bond acceptors (Lipinski definition) is 4. The van der Waals surface area contributed by atoms with E-state index in [9.17, 15) is 35.3 Å². The lowest BCUT2D eigenvalue weighted by atomic mass is 10.2. The van der Waals surface area contributed by atoms with Crippen LogP contribution in [0.3, 0.4) is 0 Å². The summed E-state index contributed by atoms with van der Waals surface area (Å²) in [6, 6.07) is 4.32. The molecule has 0 N–H and O–H groups in total. The smallest absolute Gasteiger partial charge is 0.247 e. The maximum absolute atomic E-state index is 13.5. The van der Waals surface area contributed by atoms with E-state index in [-0.39, 0.29) is 0 Å². The fraction of sp³-hybridized carbons (Fsp3) is 0.222. The Hall–Kier alpha value is -1.71. The van der Waals surface area contributed by atoms with Crippen LogP contribution in [0.1, 0.15) is 5.56 Å². The van der Waals surface area contributed by atoms with Gasteiger partial charge in [0, 0.05) is 10.1 Å². The first-order valence-electron chi connectivity index (χ1n) is 4.47. The van der Waals surface area contributed by atoms with E-state index < -0.39 is 31.9 Å². The minimum atomic E-state index is -6.68. The third kappa shape index (κ3) is 2.27. The summed E-state index contributed by atoms with van der Waals surface area (Å²) in [4.78, 5) is 12.3. The Morgan fingerprint density at radius 1 is 1.05 bits per heavy atom. The summed E-state index contributed by atoms with van der Waals surface area (Å²) < 4.78 is 86.6. The van der Waals surface area contributed by atoms with Gasteiger partial charge in [-0.1, -0.05) is 30.3 Å². The standard InChI is InChI=1S/C9H5F5O4S/c10-8(11,6-4-2-1-3-5-6)19(16,17)9(12,13)7(15)18-14/h1-5H. The first-order chi connectivity index (χ1) is 8.59. The zero-order chi connectivity index (χ0) is 14.9. The highest BCUT2D eigenvalue weighted by molar-refractivity contribution is 7.93. The largest absolute Gasteiger partial charge is 0.450 e. The van der Waals surface area contributed by atoms with E-state index in [4.69, 9.17) is 0 Å². The predicted molar refractivity (Wildman–Crippen MR) is 51.4 cm³/mol. The molecule has 0 heterocycles. The summed E-state index contributed by atoms with van der Waals surface area (Å²) in [5, 5.41) is -10.8. The van der Waals surface area contributed by atoms with Crippen LogP contribution >= 0.6 is 0 Å². The number of carbonyl (C=O) groups is 1. The summed E-state index contributed by atoms with van der Waals surface area (Å²) in [6.45, 7) is 0. The minimum Gasteiger partial charge on any atom is -0.247 e. The average molecular weight is 304 g/mol. The van der Waals surface area contributed by atoms with Crippen LogP contribution < -0.4 is 0 Å². The fourth-order valence-corrected chi connectivity index (χ4v) is 2.12. The van der Waals surface area contributed by atoms with Gasteiger partial charge in [-0.25, -0.2) is 18.2 Å². The maximum atomic E-state index is 13.5. The van der Waals surface area contributed by atoms with Gasteiger partial charge < -0.3 is 0 Å². The molecule has 0 saturated carbocycles. The Balaban J connectivity index is 3.39. The van der Waals surface area contributed by atoms with Crippen molar-refractivity contribution in [2.24, 2.45) is 0 Å². The Morgan fingerprint density at radius 2 is 1.53 bits per heavy atom. The lowest BCUT2D eigenvalue weighted by molar-refractivity contribution is -0.201. The molecular weight excluding hydrogens is 299 g/mol. The van der Waals surface area contributed by atoms with E-state index in [0.717, 1.165) is 12.1 Å². The number of carbonyl (C=O) groups excluding carboxylic acids is 1. The molecule has 4 nitrogen and oxygen atoms in total. The van der Waals surface area contributed by atoms with E-state index >= 15 is 0 Å². The molecule has 106 valence electrons. The van der Waals surface area contributed by atoms with Crippen molar-refractivity contribution < 1.29 is 40.2 Å². The summed E-state index contributed by atoms with van der Waals surface area (Å²) in [5.41, 5.74) is -1.29. The molecule has 10 heteroatoms. The predicted octanol–water partition coefficient (Wildman–Crippen LogP) is 2.17. The lowest BCUT2D eigenvalue weighted by Crippen LogP contribution is -2.46. The van der Waals surface area contributed by atoms with Crippen molar-refractivity contribution in [2.75, 3.05) is 0 Å². The molecular formula is C9H5F5O4S. The van der Waals surface area contributed by atoms with Gasteiger partial charge in [-0.2, -0.15) is 17.6 Å². The number of benzene rings is 1. The normalized spacial score (nSPS) is 13.1. The van der Waals surface area contributed by atoms with Gasteiger partial charge in [-0.05, 0) is 0 Å². The topological polar surface area (TPSA) is 60.4 Å². The summed E-state index contributed by atoms with van der Waals surface area (Å²) in [7, 11) is -6.68. The van der Waals surface area contributed by atoms with Crippen LogP contribution in [0.5, 0.6) is 0 Å². The highest BCUT2D eigenvalue weighted by atomic mass is 32.2. The van der Waals surface area contributed by atoms with Crippen LogP contribution in [0.4, 0.5) is 22.1 Å². The molecule has 0 saturated heterocycles. The van der Waals surface area contributed by atoms with Crippen LogP contribution in [0.15, 0.2) is 30.3 Å². The highest BCUT2D eigenvalue weighted by Gasteiger charge is 2.67. The van der Waals surface area contributed by atoms with Gasteiger partial charge in [0.25, 0.3) is 9.84 Å². The summed E-state index contributed by atoms with van der Waals surface area (Å²) in [5.74, 6) is -3.23. The van der Waals surface area contributed by atoms with Crippen LogP contribution in [0.25, 0.3) is 0 Å². The molecule has 0 aromatic heterocycles. The van der Waals surface area contributed by atoms with Gasteiger partial charge in [-0.3, -0.25) is 0 Å². The Kier molecular flexibility index (Phi) is 3.84. The van der Waals surface area contributed by atoms with E-state index in [0.29, 0.717) is 12.1 Å². The monoisotopic (exact) mass is 304 g/mol. The molecule has 1 aromatic carbocycles. The van der Waals surface area contributed by atoms with Crippen molar-refractivity contribution in [2.45, 2.75) is 10.5 Å². The molecule has 0 bridgehead atoms. The zero-order valence-corrected chi connectivity index (χ0v) is 9.63. The molecule has 0 unspecified atom stereocenters. The SMILES string of the molecule is O=C(OF)C(F)(F)S(=O)(=O)C(F)(F)c1ccccc1. The second-order valence-corrected chi connectivity index (χ2v) is 5.30. The molecule has 1 rings (SSSR count). The highest BCUT2D eigenvalue weighted by Crippen LogP contribution is 2.42. The number of halogens is 5. The van der Waals surface area contributed by atoms with Crippen molar-refractivity contribution in [3.63, 3.8) is 0 Å². The van der Waals surface area contributed by atoms with Crippen LogP contribution in [0, 0.1) is 0 Å². The molecule has 0 atom stereocenters. The first kappa shape index (κ1) is 15.3. The van der Waals surface area contributed by atoms with E-state index in [1.54, 1.807) is 0 Å². The van der Waals surface area contributed by atoms with E-state index in [1.165, 1.54) is 6.07 Å². The van der Waals surface area contributed by atoms with Crippen LogP contribution in [-0.4, -0.2) is 19.6 Å². The van der Waals surface area contributed by atoms with E-state index in [2.05, 4.69) is 0 Å². The van der Waals surface area contributed by atoms with E-state index in [1.807, 2.05) is 4.94 Å². The first-order valence-corrected chi connectivity index (χ1v) is 5.95. The molecule has 0 amide bonds. The molecule has 1 aromatic rings. The molecule has 19 heavy (non-hydrogen) atoms. The molecule has 0 aliphatic carbocycles. The quantitative estimate of drug-likeness (QED) is 0.800. The zero-order valence-electron chi connectivity index (χ0n) is 8.82. The number of sulfone groups is 1. The van der Waals surface area contributed by atoms with Gasteiger partial charge in [-0.15, -0.1) is 0 Å². The lowest BCUT2D eigenvalue weighted by Gasteiger charge is -2.21. The van der Waals surface area contributed by atoms with Crippen molar-refractivity contribution in [1.29, 1.82) is 0 Å².